The molecule has 0 radical (unpaired) electrons. The summed E-state index contributed by atoms with van der Waals surface area (Å²) < 4.78 is 7.56. The topological polar surface area (TPSA) is 9.86 Å². The van der Waals surface area contributed by atoms with Crippen molar-refractivity contribution < 1.29 is 0 Å². The Labute approximate surface area is 298 Å². The van der Waals surface area contributed by atoms with Crippen LogP contribution in [0.3, 0.4) is 0 Å². The molecule has 3 heterocycles. The Hall–Kier alpha value is -6.42. The third-order valence-electron chi connectivity index (χ3n) is 10.5. The number of para-hydroxylation sites is 2. The largest absolute Gasteiger partial charge is 0.309 e. The van der Waals surface area contributed by atoms with E-state index in [1.807, 2.05) is 11.3 Å². The molecule has 0 atom stereocenters. The van der Waals surface area contributed by atoms with Crippen molar-refractivity contribution in [3.63, 3.8) is 0 Å². The average molecular weight is 667 g/mol. The van der Waals surface area contributed by atoms with Gasteiger partial charge in [0, 0.05) is 53.1 Å². The Morgan fingerprint density at radius 3 is 1.49 bits per heavy atom. The maximum atomic E-state index is 2.46. The van der Waals surface area contributed by atoms with Gasteiger partial charge < -0.3 is 9.13 Å². The first-order valence-corrected chi connectivity index (χ1v) is 18.2. The third-order valence-corrected chi connectivity index (χ3v) is 11.6. The van der Waals surface area contributed by atoms with E-state index in [-0.39, 0.29) is 0 Å². The number of hydrogen-bond donors (Lipinski definition) is 0. The monoisotopic (exact) mass is 666 g/mol. The lowest BCUT2D eigenvalue weighted by Crippen LogP contribution is -1.95. The zero-order valence-corrected chi connectivity index (χ0v) is 28.4. The lowest BCUT2D eigenvalue weighted by atomic mass is 9.99. The lowest BCUT2D eigenvalue weighted by Gasteiger charge is -2.12. The van der Waals surface area contributed by atoms with Crippen LogP contribution >= 0.6 is 11.3 Å². The van der Waals surface area contributed by atoms with Gasteiger partial charge in [-0.25, -0.2) is 0 Å². The van der Waals surface area contributed by atoms with Gasteiger partial charge in [-0.15, -0.1) is 11.3 Å². The summed E-state index contributed by atoms with van der Waals surface area (Å²) in [5, 5.41) is 7.64. The van der Waals surface area contributed by atoms with Crippen LogP contribution < -0.4 is 0 Å². The molecule has 0 aliphatic carbocycles. The van der Waals surface area contributed by atoms with E-state index in [0.29, 0.717) is 0 Å². The molecule has 0 saturated heterocycles. The minimum absolute atomic E-state index is 1.15. The number of hydrogen-bond acceptors (Lipinski definition) is 1. The quantitative estimate of drug-likeness (QED) is 0.177. The normalized spacial score (nSPS) is 11.9. The molecule has 0 saturated carbocycles. The van der Waals surface area contributed by atoms with Crippen molar-refractivity contribution in [2.24, 2.45) is 0 Å². The van der Waals surface area contributed by atoms with E-state index < -0.39 is 0 Å². The van der Waals surface area contributed by atoms with Crippen molar-refractivity contribution in [1.82, 2.24) is 9.13 Å². The zero-order valence-electron chi connectivity index (χ0n) is 27.6. The maximum absolute atomic E-state index is 2.46. The van der Waals surface area contributed by atoms with Gasteiger partial charge in [0.25, 0.3) is 0 Å². The lowest BCUT2D eigenvalue weighted by molar-refractivity contribution is 1.18. The van der Waals surface area contributed by atoms with Crippen molar-refractivity contribution in [3.05, 3.63) is 182 Å². The van der Waals surface area contributed by atoms with Crippen LogP contribution in [0.2, 0.25) is 0 Å². The molecule has 11 rings (SSSR count). The number of fused-ring (bicyclic) bond motifs is 9. The summed E-state index contributed by atoms with van der Waals surface area (Å²) in [6, 6.07) is 66.7. The second kappa shape index (κ2) is 11.0. The van der Waals surface area contributed by atoms with Crippen LogP contribution in [0.1, 0.15) is 0 Å². The second-order valence-electron chi connectivity index (χ2n) is 13.4. The van der Waals surface area contributed by atoms with Crippen molar-refractivity contribution in [2.75, 3.05) is 0 Å². The van der Waals surface area contributed by atoms with E-state index in [2.05, 4.69) is 191 Å². The van der Waals surface area contributed by atoms with Crippen LogP contribution in [0.15, 0.2) is 182 Å². The molecule has 0 fully saturated rings. The van der Waals surface area contributed by atoms with E-state index in [0.717, 1.165) is 5.69 Å². The molecule has 238 valence electrons. The first kappa shape index (κ1) is 28.4. The minimum atomic E-state index is 1.15. The van der Waals surface area contributed by atoms with Gasteiger partial charge in [0.05, 0.1) is 22.1 Å². The zero-order chi connectivity index (χ0) is 33.5. The van der Waals surface area contributed by atoms with Crippen LogP contribution in [0.5, 0.6) is 0 Å². The number of rotatable bonds is 4. The van der Waals surface area contributed by atoms with Gasteiger partial charge in [0.2, 0.25) is 0 Å². The Morgan fingerprint density at radius 1 is 0.275 bits per heavy atom. The summed E-state index contributed by atoms with van der Waals surface area (Å²) >= 11 is 1.87. The fourth-order valence-corrected chi connectivity index (χ4v) is 9.26. The van der Waals surface area contributed by atoms with Crippen molar-refractivity contribution in [3.8, 4) is 33.6 Å². The van der Waals surface area contributed by atoms with Gasteiger partial charge in [0.15, 0.2) is 0 Å². The molecule has 0 N–H and O–H groups in total. The Kier molecular flexibility index (Phi) is 6.16. The first-order chi connectivity index (χ1) is 25.3. The molecular weight excluding hydrogens is 637 g/mol. The van der Waals surface area contributed by atoms with Gasteiger partial charge in [-0.3, -0.25) is 0 Å². The molecule has 0 aliphatic heterocycles. The van der Waals surface area contributed by atoms with Crippen molar-refractivity contribution in [2.45, 2.75) is 0 Å². The molecule has 0 unspecified atom stereocenters. The number of aromatic nitrogens is 2. The maximum Gasteiger partial charge on any atom is 0.0548 e. The molecule has 3 heteroatoms. The number of thiophene rings is 1. The van der Waals surface area contributed by atoms with E-state index in [4.69, 9.17) is 0 Å². The first-order valence-electron chi connectivity index (χ1n) is 17.4. The number of nitrogens with zero attached hydrogens (tertiary/aromatic N) is 2. The van der Waals surface area contributed by atoms with Gasteiger partial charge in [0.1, 0.15) is 0 Å². The van der Waals surface area contributed by atoms with Gasteiger partial charge in [-0.05, 0) is 89.0 Å². The van der Waals surface area contributed by atoms with E-state index in [9.17, 15) is 0 Å². The van der Waals surface area contributed by atoms with Crippen molar-refractivity contribution in [1.29, 1.82) is 0 Å². The highest BCUT2D eigenvalue weighted by Crippen LogP contribution is 2.41. The van der Waals surface area contributed by atoms with Crippen LogP contribution in [-0.2, 0) is 0 Å². The highest BCUT2D eigenvalue weighted by molar-refractivity contribution is 7.25. The fourth-order valence-electron chi connectivity index (χ4n) is 8.17. The van der Waals surface area contributed by atoms with E-state index >= 15 is 0 Å². The third kappa shape index (κ3) is 4.35. The molecule has 0 spiro atoms. The highest BCUT2D eigenvalue weighted by atomic mass is 32.1. The van der Waals surface area contributed by atoms with Gasteiger partial charge in [-0.1, -0.05) is 115 Å². The summed E-state index contributed by atoms with van der Waals surface area (Å²) in [4.78, 5) is 0. The Morgan fingerprint density at radius 2 is 0.784 bits per heavy atom. The van der Waals surface area contributed by atoms with Crippen LogP contribution in [0, 0.1) is 0 Å². The fraction of sp³-hybridized carbons (Fsp3) is 0. The van der Waals surface area contributed by atoms with Crippen LogP contribution in [0.4, 0.5) is 0 Å². The predicted octanol–water partition coefficient (Wildman–Crippen LogP) is 13.6. The average Bonchev–Trinajstić information content (AvgIpc) is 3.84. The van der Waals surface area contributed by atoms with Crippen LogP contribution in [0.25, 0.3) is 97.4 Å². The Balaban J connectivity index is 1.15. The summed E-state index contributed by atoms with van der Waals surface area (Å²) in [5.74, 6) is 0. The predicted molar refractivity (Wildman–Crippen MR) is 219 cm³/mol. The summed E-state index contributed by atoms with van der Waals surface area (Å²) in [7, 11) is 0. The molecule has 2 nitrogen and oxygen atoms in total. The van der Waals surface area contributed by atoms with Crippen molar-refractivity contribution >= 4 is 75.1 Å². The highest BCUT2D eigenvalue weighted by Gasteiger charge is 2.19. The molecule has 11 aromatic rings. The summed E-state index contributed by atoms with van der Waals surface area (Å²) in [6.45, 7) is 0. The van der Waals surface area contributed by atoms with Crippen LogP contribution in [-0.4, -0.2) is 9.13 Å². The smallest absolute Gasteiger partial charge is 0.0548 e. The molecule has 3 aromatic heterocycles. The standard InChI is InChI=1S/C48H30N2S/c1-2-12-31(13-3-1)32-14-10-15-33(26-32)34-16-11-17-35(27-34)49-43-21-7-4-18-37(43)40-30-46-41(29-45(40)49)38-19-5-8-22-44(38)50(46)36-24-25-48-42(28-36)39-20-6-9-23-47(39)51-48/h1-30H. The molecule has 0 amide bonds. The summed E-state index contributed by atoms with van der Waals surface area (Å²) in [5.41, 5.74) is 12.0. The van der Waals surface area contributed by atoms with E-state index in [1.165, 1.54) is 91.7 Å². The molecule has 8 aromatic carbocycles. The van der Waals surface area contributed by atoms with Gasteiger partial charge >= 0.3 is 0 Å². The van der Waals surface area contributed by atoms with Gasteiger partial charge in [-0.2, -0.15) is 0 Å². The molecule has 51 heavy (non-hydrogen) atoms. The second-order valence-corrected chi connectivity index (χ2v) is 14.5. The molecule has 0 bridgehead atoms. The molecular formula is C48H30N2S. The summed E-state index contributed by atoms with van der Waals surface area (Å²) in [6.07, 6.45) is 0. The Bertz CT molecular complexity index is 3140. The van der Waals surface area contributed by atoms with E-state index in [1.54, 1.807) is 0 Å². The SMILES string of the molecule is c1ccc(-c2cccc(-c3cccc(-n4c5ccccc5c5cc6c(cc54)c4ccccc4n6-c4ccc5sc6ccccc6c5c4)c3)c2)cc1. The number of benzene rings is 8. The minimum Gasteiger partial charge on any atom is -0.309 e. The molecule has 0 aliphatic rings.